The molecule has 9 heteroatoms. The van der Waals surface area contributed by atoms with Crippen molar-refractivity contribution in [2.45, 2.75) is 25.0 Å². The second-order valence-electron chi connectivity index (χ2n) is 3.16. The van der Waals surface area contributed by atoms with E-state index in [2.05, 4.69) is 20.8 Å². The van der Waals surface area contributed by atoms with Gasteiger partial charge in [-0.1, -0.05) is 11.8 Å². The minimum absolute atomic E-state index is 0.150. The van der Waals surface area contributed by atoms with Gasteiger partial charge in [0.05, 0.1) is 5.75 Å². The van der Waals surface area contributed by atoms with Gasteiger partial charge in [0.25, 0.3) is 0 Å². The molecule has 0 bridgehead atoms. The molecule has 0 aliphatic carbocycles. The Balaban J connectivity index is 2.73. The van der Waals surface area contributed by atoms with Crippen LogP contribution in [0.15, 0.2) is 5.16 Å². The van der Waals surface area contributed by atoms with Gasteiger partial charge in [-0.25, -0.2) is 4.68 Å². The summed E-state index contributed by atoms with van der Waals surface area (Å²) in [6, 6.07) is -0.568. The zero-order valence-corrected chi connectivity index (χ0v) is 10.3. The number of carbonyl (C=O) groups excluding carboxylic acids is 1. The molecule has 1 atom stereocenters. The maximum Gasteiger partial charge on any atom is 0.313 e. The Morgan fingerprint density at radius 3 is 2.88 bits per heavy atom. The summed E-state index contributed by atoms with van der Waals surface area (Å²) in [5.41, 5.74) is 0. The first-order valence-electron chi connectivity index (χ1n) is 4.96. The number of likely N-dealkylation sites (N-methyl/N-ethyl adjacent to an activating group) is 1. The lowest BCUT2D eigenvalue weighted by Crippen LogP contribution is -2.31. The normalized spacial score (nSPS) is 12.1. The summed E-state index contributed by atoms with van der Waals surface area (Å²) < 4.78 is 1.30. The van der Waals surface area contributed by atoms with Gasteiger partial charge in [0.15, 0.2) is 0 Å². The molecule has 1 aromatic rings. The smallest absolute Gasteiger partial charge is 0.313 e. The summed E-state index contributed by atoms with van der Waals surface area (Å²) in [5, 5.41) is 22.3. The summed E-state index contributed by atoms with van der Waals surface area (Å²) in [7, 11) is 0. The Kier molecular flexibility index (Phi) is 4.88. The average Bonchev–Trinajstić information content (AvgIpc) is 2.73. The lowest BCUT2D eigenvalue weighted by molar-refractivity contribution is -0.133. The number of hydrogen-bond acceptors (Lipinski definition) is 6. The van der Waals surface area contributed by atoms with Gasteiger partial charge in [-0.15, -0.1) is 5.10 Å². The summed E-state index contributed by atoms with van der Waals surface area (Å²) >= 11 is 0.973. The van der Waals surface area contributed by atoms with Crippen LogP contribution < -0.4 is 5.32 Å². The third kappa shape index (κ3) is 3.70. The van der Waals surface area contributed by atoms with E-state index >= 15 is 0 Å². The molecule has 94 valence electrons. The van der Waals surface area contributed by atoms with E-state index in [0.717, 1.165) is 11.8 Å². The van der Waals surface area contributed by atoms with Crippen LogP contribution in [-0.2, 0) is 9.59 Å². The first-order valence-corrected chi connectivity index (χ1v) is 5.95. The van der Waals surface area contributed by atoms with Crippen LogP contribution in [0.5, 0.6) is 0 Å². The third-order valence-electron chi connectivity index (χ3n) is 1.88. The molecular formula is C8H13N5O3S. The quantitative estimate of drug-likeness (QED) is 0.665. The molecule has 17 heavy (non-hydrogen) atoms. The first-order chi connectivity index (χ1) is 8.06. The van der Waals surface area contributed by atoms with E-state index in [-0.39, 0.29) is 11.7 Å². The molecule has 2 N–H and O–H groups in total. The molecule has 1 aromatic heterocycles. The molecule has 0 spiro atoms. The number of nitrogens with one attached hydrogen (secondary N) is 1. The molecule has 0 aliphatic rings. The van der Waals surface area contributed by atoms with E-state index in [0.29, 0.717) is 11.7 Å². The number of rotatable bonds is 6. The average molecular weight is 259 g/mol. The van der Waals surface area contributed by atoms with E-state index in [1.807, 2.05) is 6.92 Å². The standard InChI is InChI=1S/C8H13N5O3S/c1-3-9-7(16)5(2)13-8(10-11-12-13)17-4-6(14)15/h5H,3-4H2,1-2H3,(H,9,16)(H,14,15). The highest BCUT2D eigenvalue weighted by Gasteiger charge is 2.20. The second-order valence-corrected chi connectivity index (χ2v) is 4.10. The highest BCUT2D eigenvalue weighted by atomic mass is 32.2. The molecular weight excluding hydrogens is 246 g/mol. The predicted molar refractivity (Wildman–Crippen MR) is 59.6 cm³/mol. The third-order valence-corrected chi connectivity index (χ3v) is 2.80. The number of nitrogens with zero attached hydrogens (tertiary/aromatic N) is 4. The molecule has 1 heterocycles. The Labute approximate surface area is 102 Å². The number of hydrogen-bond donors (Lipinski definition) is 2. The van der Waals surface area contributed by atoms with Crippen molar-refractivity contribution in [3.8, 4) is 0 Å². The van der Waals surface area contributed by atoms with Crippen LogP contribution in [0.4, 0.5) is 0 Å². The van der Waals surface area contributed by atoms with Crippen molar-refractivity contribution in [2.75, 3.05) is 12.3 Å². The minimum atomic E-state index is -0.963. The van der Waals surface area contributed by atoms with Gasteiger partial charge in [-0.05, 0) is 24.3 Å². The molecule has 1 unspecified atom stereocenters. The van der Waals surface area contributed by atoms with Crippen LogP contribution in [0.25, 0.3) is 0 Å². The summed E-state index contributed by atoms with van der Waals surface area (Å²) in [6.45, 7) is 3.97. The summed E-state index contributed by atoms with van der Waals surface area (Å²) in [4.78, 5) is 22.0. The zero-order chi connectivity index (χ0) is 12.8. The Morgan fingerprint density at radius 2 is 2.29 bits per heavy atom. The number of carbonyl (C=O) groups is 2. The number of carboxylic acid groups (broad SMARTS) is 1. The van der Waals surface area contributed by atoms with Crippen LogP contribution in [0.3, 0.4) is 0 Å². The largest absolute Gasteiger partial charge is 0.481 e. The highest BCUT2D eigenvalue weighted by Crippen LogP contribution is 2.17. The molecule has 0 aromatic carbocycles. The van der Waals surface area contributed by atoms with E-state index in [9.17, 15) is 9.59 Å². The number of thioether (sulfide) groups is 1. The Morgan fingerprint density at radius 1 is 1.59 bits per heavy atom. The van der Waals surface area contributed by atoms with Crippen molar-refractivity contribution in [2.24, 2.45) is 0 Å². The zero-order valence-electron chi connectivity index (χ0n) is 9.45. The summed E-state index contributed by atoms with van der Waals surface area (Å²) in [6.07, 6.45) is 0. The van der Waals surface area contributed by atoms with Crippen molar-refractivity contribution in [1.82, 2.24) is 25.5 Å². The van der Waals surface area contributed by atoms with Crippen LogP contribution in [0.2, 0.25) is 0 Å². The van der Waals surface area contributed by atoms with E-state index in [1.165, 1.54) is 4.68 Å². The van der Waals surface area contributed by atoms with E-state index in [4.69, 9.17) is 5.11 Å². The Hall–Kier alpha value is -1.64. The fourth-order valence-electron chi connectivity index (χ4n) is 1.08. The molecule has 0 radical (unpaired) electrons. The van der Waals surface area contributed by atoms with E-state index in [1.54, 1.807) is 6.92 Å². The van der Waals surface area contributed by atoms with Crippen LogP contribution in [0, 0.1) is 0 Å². The van der Waals surface area contributed by atoms with Crippen LogP contribution in [-0.4, -0.2) is 49.5 Å². The van der Waals surface area contributed by atoms with Crippen molar-refractivity contribution in [1.29, 1.82) is 0 Å². The highest BCUT2D eigenvalue weighted by molar-refractivity contribution is 7.99. The predicted octanol–water partition coefficient (Wildman–Crippen LogP) is -0.453. The molecule has 0 aliphatic heterocycles. The minimum Gasteiger partial charge on any atom is -0.481 e. The van der Waals surface area contributed by atoms with Gasteiger partial charge < -0.3 is 10.4 Å². The van der Waals surface area contributed by atoms with Crippen LogP contribution in [0.1, 0.15) is 19.9 Å². The summed E-state index contributed by atoms with van der Waals surface area (Å²) in [5.74, 6) is -1.32. The topological polar surface area (TPSA) is 110 Å². The van der Waals surface area contributed by atoms with E-state index < -0.39 is 12.0 Å². The SMILES string of the molecule is CCNC(=O)C(C)n1nnnc1SCC(=O)O. The number of aliphatic carboxylic acids is 1. The van der Waals surface area contributed by atoms with Gasteiger partial charge in [-0.2, -0.15) is 0 Å². The molecule has 1 amide bonds. The van der Waals surface area contributed by atoms with Gasteiger partial charge in [0.2, 0.25) is 11.1 Å². The lowest BCUT2D eigenvalue weighted by Gasteiger charge is -2.11. The molecule has 0 fully saturated rings. The fourth-order valence-corrected chi connectivity index (χ4v) is 1.76. The van der Waals surface area contributed by atoms with Gasteiger partial charge in [-0.3, -0.25) is 9.59 Å². The second kappa shape index (κ2) is 6.18. The monoisotopic (exact) mass is 259 g/mol. The van der Waals surface area contributed by atoms with Crippen molar-refractivity contribution in [3.63, 3.8) is 0 Å². The Bertz CT molecular complexity index is 408. The number of amides is 1. The number of aromatic nitrogens is 4. The number of tetrazole rings is 1. The fraction of sp³-hybridized carbons (Fsp3) is 0.625. The first kappa shape index (κ1) is 13.4. The molecule has 0 saturated carbocycles. The van der Waals surface area contributed by atoms with Gasteiger partial charge in [0, 0.05) is 6.54 Å². The van der Waals surface area contributed by atoms with Crippen LogP contribution >= 0.6 is 11.8 Å². The molecule has 0 saturated heterocycles. The van der Waals surface area contributed by atoms with Crippen molar-refractivity contribution in [3.05, 3.63) is 0 Å². The molecule has 1 rings (SSSR count). The molecule has 8 nitrogen and oxygen atoms in total. The maximum absolute atomic E-state index is 11.6. The number of carboxylic acids is 1. The van der Waals surface area contributed by atoms with Crippen molar-refractivity contribution < 1.29 is 14.7 Å². The van der Waals surface area contributed by atoms with Gasteiger partial charge >= 0.3 is 5.97 Å². The maximum atomic E-state index is 11.6. The van der Waals surface area contributed by atoms with Gasteiger partial charge in [0.1, 0.15) is 6.04 Å². The van der Waals surface area contributed by atoms with Crippen molar-refractivity contribution >= 4 is 23.6 Å². The lowest BCUT2D eigenvalue weighted by atomic mass is 10.3.